The summed E-state index contributed by atoms with van der Waals surface area (Å²) in [5, 5.41) is 0. The van der Waals surface area contributed by atoms with E-state index in [2.05, 4.69) is 40.7 Å². The lowest BCUT2D eigenvalue weighted by atomic mass is 9.78. The molecule has 3 rings (SSSR count). The van der Waals surface area contributed by atoms with Gasteiger partial charge in [-0.05, 0) is 91.2 Å². The summed E-state index contributed by atoms with van der Waals surface area (Å²) in [4.78, 5) is 14.0. The van der Waals surface area contributed by atoms with Gasteiger partial charge in [-0.2, -0.15) is 0 Å². The molecule has 0 unspecified atom stereocenters. The molecule has 0 aromatic heterocycles. The molecule has 2 heterocycles. The summed E-state index contributed by atoms with van der Waals surface area (Å²) in [5.74, 6) is 1.28. The molecule has 0 atom stereocenters. The van der Waals surface area contributed by atoms with Gasteiger partial charge in [-0.15, -0.1) is 0 Å². The summed E-state index contributed by atoms with van der Waals surface area (Å²) in [6, 6.07) is 6.14. The highest BCUT2D eigenvalue weighted by Gasteiger charge is 2.51. The Balaban J connectivity index is 1.55. The second kappa shape index (κ2) is 8.66. The second-order valence-corrected chi connectivity index (χ2v) is 10.8. The number of hydrogen-bond acceptors (Lipinski definition) is 5. The molecule has 1 amide bonds. The first-order chi connectivity index (χ1) is 14.3. The summed E-state index contributed by atoms with van der Waals surface area (Å²) in [6.45, 7) is 18.0. The minimum atomic E-state index is -0.462. The van der Waals surface area contributed by atoms with Crippen molar-refractivity contribution >= 4 is 18.7 Å². The van der Waals surface area contributed by atoms with Crippen molar-refractivity contribution in [2.24, 2.45) is 5.92 Å². The van der Waals surface area contributed by atoms with Gasteiger partial charge in [-0.1, -0.05) is 12.1 Å². The van der Waals surface area contributed by atoms with E-state index in [-0.39, 0.29) is 17.3 Å². The van der Waals surface area contributed by atoms with Gasteiger partial charge in [0.05, 0.1) is 17.8 Å². The van der Waals surface area contributed by atoms with Gasteiger partial charge in [-0.25, -0.2) is 4.79 Å². The van der Waals surface area contributed by atoms with Crippen molar-refractivity contribution in [2.75, 3.05) is 19.7 Å². The first kappa shape index (κ1) is 23.9. The molecule has 2 aliphatic rings. The van der Waals surface area contributed by atoms with Crippen LogP contribution in [0.5, 0.6) is 5.75 Å². The van der Waals surface area contributed by atoms with Crippen molar-refractivity contribution in [3.8, 4) is 5.75 Å². The Kier molecular flexibility index (Phi) is 6.69. The Labute approximate surface area is 187 Å². The predicted molar refractivity (Wildman–Crippen MR) is 123 cm³/mol. The standard InChI is InChI=1S/C24H38BNO5/c1-17-9-10-19(25-30-23(5,6)24(7,8)31-25)15-20(17)28-16-18-11-13-26(14-12-18)21(27)29-22(2,3)4/h9-10,15,18H,11-14,16H2,1-8H3. The fraction of sp³-hybridized carbons (Fsp3) is 0.708. The van der Waals surface area contributed by atoms with E-state index < -0.39 is 12.7 Å². The molecule has 2 aliphatic heterocycles. The average molecular weight is 431 g/mol. The maximum Gasteiger partial charge on any atom is 0.494 e. The summed E-state index contributed by atoms with van der Waals surface area (Å²) >= 11 is 0. The van der Waals surface area contributed by atoms with Crippen LogP contribution < -0.4 is 10.2 Å². The number of benzene rings is 1. The molecule has 1 aromatic carbocycles. The summed E-state index contributed by atoms with van der Waals surface area (Å²) in [5.41, 5.74) is 0.860. The van der Waals surface area contributed by atoms with Crippen LogP contribution >= 0.6 is 0 Å². The van der Waals surface area contributed by atoms with E-state index in [1.165, 1.54) is 0 Å². The zero-order chi connectivity index (χ0) is 23.0. The van der Waals surface area contributed by atoms with Gasteiger partial charge in [0.15, 0.2) is 0 Å². The Hall–Kier alpha value is -1.73. The first-order valence-corrected chi connectivity index (χ1v) is 11.3. The molecule has 6 nitrogen and oxygen atoms in total. The van der Waals surface area contributed by atoms with Crippen LogP contribution in [-0.4, -0.2) is 54.6 Å². The van der Waals surface area contributed by atoms with Gasteiger partial charge in [0.1, 0.15) is 11.4 Å². The highest BCUT2D eigenvalue weighted by molar-refractivity contribution is 6.62. The van der Waals surface area contributed by atoms with E-state index in [1.54, 1.807) is 4.90 Å². The van der Waals surface area contributed by atoms with Crippen LogP contribution in [0.3, 0.4) is 0 Å². The Morgan fingerprint density at radius 1 is 1.13 bits per heavy atom. The third-order valence-corrected chi connectivity index (χ3v) is 6.48. The van der Waals surface area contributed by atoms with Gasteiger partial charge >= 0.3 is 13.2 Å². The summed E-state index contributed by atoms with van der Waals surface area (Å²) in [7, 11) is -0.398. The average Bonchev–Trinajstić information content (AvgIpc) is 2.87. The van der Waals surface area contributed by atoms with E-state index in [9.17, 15) is 4.79 Å². The number of piperidine rings is 1. The molecular weight excluding hydrogens is 393 g/mol. The number of carbonyl (C=O) groups excluding carboxylic acids is 1. The molecule has 172 valence electrons. The molecule has 31 heavy (non-hydrogen) atoms. The van der Waals surface area contributed by atoms with E-state index >= 15 is 0 Å². The predicted octanol–water partition coefficient (Wildman–Crippen LogP) is 4.32. The van der Waals surface area contributed by atoms with Crippen molar-refractivity contribution in [2.45, 2.75) is 85.0 Å². The molecule has 1 aromatic rings. The second-order valence-electron chi connectivity index (χ2n) is 10.8. The maximum atomic E-state index is 12.2. The molecule has 7 heteroatoms. The molecule has 0 aliphatic carbocycles. The van der Waals surface area contributed by atoms with Crippen molar-refractivity contribution in [1.29, 1.82) is 0 Å². The zero-order valence-corrected chi connectivity index (χ0v) is 20.4. The molecule has 0 bridgehead atoms. The number of likely N-dealkylation sites (tertiary alicyclic amines) is 1. The zero-order valence-electron chi connectivity index (χ0n) is 20.4. The van der Waals surface area contributed by atoms with Gasteiger partial charge in [0, 0.05) is 13.1 Å². The lowest BCUT2D eigenvalue weighted by Gasteiger charge is -2.33. The fourth-order valence-corrected chi connectivity index (χ4v) is 3.71. The Morgan fingerprint density at radius 3 is 2.26 bits per heavy atom. The van der Waals surface area contributed by atoms with Gasteiger partial charge in [-0.3, -0.25) is 0 Å². The van der Waals surface area contributed by atoms with Crippen molar-refractivity contribution in [3.05, 3.63) is 23.8 Å². The van der Waals surface area contributed by atoms with Crippen LogP contribution in [0.15, 0.2) is 18.2 Å². The highest BCUT2D eigenvalue weighted by atomic mass is 16.7. The van der Waals surface area contributed by atoms with Crippen molar-refractivity contribution in [1.82, 2.24) is 4.90 Å². The van der Waals surface area contributed by atoms with Crippen molar-refractivity contribution in [3.63, 3.8) is 0 Å². The van der Waals surface area contributed by atoms with Crippen LogP contribution in [0.25, 0.3) is 0 Å². The van der Waals surface area contributed by atoms with Crippen LogP contribution in [0.1, 0.15) is 66.9 Å². The minimum absolute atomic E-state index is 0.224. The van der Waals surface area contributed by atoms with Crippen LogP contribution in [-0.2, 0) is 14.0 Å². The number of carbonyl (C=O) groups is 1. The van der Waals surface area contributed by atoms with Crippen LogP contribution in [0, 0.1) is 12.8 Å². The van der Waals surface area contributed by atoms with E-state index in [4.69, 9.17) is 18.8 Å². The van der Waals surface area contributed by atoms with Gasteiger partial charge in [0.2, 0.25) is 0 Å². The number of aryl methyl sites for hydroxylation is 1. The Morgan fingerprint density at radius 2 is 1.71 bits per heavy atom. The van der Waals surface area contributed by atoms with E-state index in [0.29, 0.717) is 25.6 Å². The lowest BCUT2D eigenvalue weighted by molar-refractivity contribution is 0.00578. The normalized spacial score (nSPS) is 21.3. The van der Waals surface area contributed by atoms with Gasteiger partial charge in [0.25, 0.3) is 0 Å². The van der Waals surface area contributed by atoms with Gasteiger partial charge < -0.3 is 23.7 Å². The lowest BCUT2D eigenvalue weighted by Crippen LogP contribution is -2.42. The van der Waals surface area contributed by atoms with Crippen LogP contribution in [0.2, 0.25) is 0 Å². The van der Waals surface area contributed by atoms with E-state index in [0.717, 1.165) is 29.6 Å². The minimum Gasteiger partial charge on any atom is -0.493 e. The third kappa shape index (κ3) is 5.75. The SMILES string of the molecule is Cc1ccc(B2OC(C)(C)C(C)(C)O2)cc1OCC1CCN(C(=O)OC(C)(C)C)CC1. The van der Waals surface area contributed by atoms with E-state index in [1.807, 2.05) is 32.9 Å². The molecular formula is C24H38BNO5. The molecule has 0 spiro atoms. The summed E-state index contributed by atoms with van der Waals surface area (Å²) < 4.78 is 24.1. The number of hydrogen-bond donors (Lipinski definition) is 0. The van der Waals surface area contributed by atoms with Crippen LogP contribution in [0.4, 0.5) is 4.79 Å². The topological polar surface area (TPSA) is 57.2 Å². The number of amides is 1. The first-order valence-electron chi connectivity index (χ1n) is 11.3. The fourth-order valence-electron chi connectivity index (χ4n) is 3.71. The smallest absolute Gasteiger partial charge is 0.493 e. The largest absolute Gasteiger partial charge is 0.494 e. The Bertz CT molecular complexity index is 778. The molecule has 2 saturated heterocycles. The van der Waals surface area contributed by atoms with Crippen molar-refractivity contribution < 1.29 is 23.6 Å². The highest BCUT2D eigenvalue weighted by Crippen LogP contribution is 2.36. The molecule has 2 fully saturated rings. The maximum absolute atomic E-state index is 12.2. The number of rotatable bonds is 4. The molecule has 0 saturated carbocycles. The summed E-state index contributed by atoms with van der Waals surface area (Å²) in [6.07, 6.45) is 1.60. The third-order valence-electron chi connectivity index (χ3n) is 6.48. The number of nitrogens with zero attached hydrogens (tertiary/aromatic N) is 1. The monoisotopic (exact) mass is 431 g/mol. The molecule has 0 radical (unpaired) electrons. The number of ether oxygens (including phenoxy) is 2. The quantitative estimate of drug-likeness (QED) is 0.665. The molecule has 0 N–H and O–H groups in total.